The maximum absolute atomic E-state index is 6.32. The fourth-order valence-corrected chi connectivity index (χ4v) is 3.54. The Bertz CT molecular complexity index is 1030. The first-order valence-electron chi connectivity index (χ1n) is 8.79. The third-order valence-corrected chi connectivity index (χ3v) is 5.26. The lowest BCUT2D eigenvalue weighted by molar-refractivity contribution is 1.34. The molecule has 28 heavy (non-hydrogen) atoms. The number of aliphatic imine (C=N–C) groups is 1. The van der Waals surface area contributed by atoms with Gasteiger partial charge < -0.3 is 16.8 Å². The molecule has 0 aliphatic carbocycles. The highest BCUT2D eigenvalue weighted by molar-refractivity contribution is 6.42. The Morgan fingerprint density at radius 3 is 2.18 bits per heavy atom. The highest BCUT2D eigenvalue weighted by Gasteiger charge is 2.11. The molecule has 6 heteroatoms. The second-order valence-electron chi connectivity index (χ2n) is 6.75. The van der Waals surface area contributed by atoms with Crippen LogP contribution in [-0.4, -0.2) is 5.96 Å². The number of nitrogens with one attached hydrogen (secondary N) is 1. The van der Waals surface area contributed by atoms with Crippen molar-refractivity contribution in [3.05, 3.63) is 75.3 Å². The van der Waals surface area contributed by atoms with E-state index < -0.39 is 0 Å². The van der Waals surface area contributed by atoms with Crippen LogP contribution >= 0.6 is 23.2 Å². The van der Waals surface area contributed by atoms with E-state index in [0.717, 1.165) is 11.1 Å². The van der Waals surface area contributed by atoms with Crippen molar-refractivity contribution in [1.29, 1.82) is 0 Å². The Kier molecular flexibility index (Phi) is 5.82. The van der Waals surface area contributed by atoms with Crippen LogP contribution in [0.15, 0.2) is 53.5 Å². The van der Waals surface area contributed by atoms with Crippen LogP contribution in [0.5, 0.6) is 0 Å². The lowest BCUT2D eigenvalue weighted by Gasteiger charge is -2.14. The topological polar surface area (TPSA) is 76.4 Å². The smallest absolute Gasteiger partial charge is 0.198 e. The summed E-state index contributed by atoms with van der Waals surface area (Å²) in [4.78, 5) is 4.47. The number of benzene rings is 3. The van der Waals surface area contributed by atoms with Crippen LogP contribution in [0.4, 0.5) is 17.1 Å². The highest BCUT2D eigenvalue weighted by atomic mass is 35.5. The second kappa shape index (κ2) is 8.13. The number of nitrogens with two attached hydrogens (primary N) is 2. The zero-order chi connectivity index (χ0) is 20.4. The number of anilines is 2. The van der Waals surface area contributed by atoms with Crippen molar-refractivity contribution in [1.82, 2.24) is 0 Å². The summed E-state index contributed by atoms with van der Waals surface area (Å²) in [5, 5.41) is 3.92. The number of nitrogens with zero attached hydrogens (tertiary/aromatic N) is 1. The molecule has 0 aromatic heterocycles. The quantitative estimate of drug-likeness (QED) is 0.271. The van der Waals surface area contributed by atoms with Crippen LogP contribution in [0.3, 0.4) is 0 Å². The average molecular weight is 413 g/mol. The molecule has 3 aromatic carbocycles. The summed E-state index contributed by atoms with van der Waals surface area (Å²) in [5.41, 5.74) is 19.9. The number of hydrogen-bond donors (Lipinski definition) is 3. The van der Waals surface area contributed by atoms with E-state index in [1.165, 1.54) is 16.7 Å². The minimum Gasteiger partial charge on any atom is -0.397 e. The van der Waals surface area contributed by atoms with Gasteiger partial charge in [-0.25, -0.2) is 4.99 Å². The lowest BCUT2D eigenvalue weighted by atomic mass is 9.94. The van der Waals surface area contributed by atoms with Crippen LogP contribution in [0, 0.1) is 20.8 Å². The maximum atomic E-state index is 6.32. The Hall–Kier alpha value is -2.69. The molecule has 0 amide bonds. The largest absolute Gasteiger partial charge is 0.397 e. The van der Waals surface area contributed by atoms with Gasteiger partial charge in [-0.2, -0.15) is 0 Å². The molecule has 3 aromatic rings. The Morgan fingerprint density at radius 2 is 1.57 bits per heavy atom. The Labute approximate surface area is 175 Å². The summed E-state index contributed by atoms with van der Waals surface area (Å²) < 4.78 is 0. The molecule has 0 saturated carbocycles. The molecule has 0 aliphatic rings. The summed E-state index contributed by atoms with van der Waals surface area (Å²) >= 11 is 12.0. The summed E-state index contributed by atoms with van der Waals surface area (Å²) in [6, 6.07) is 15.4. The van der Waals surface area contributed by atoms with Crippen molar-refractivity contribution in [2.75, 3.05) is 11.1 Å². The molecule has 0 unspecified atom stereocenters. The summed E-state index contributed by atoms with van der Waals surface area (Å²) in [6.45, 7) is 6.16. The minimum absolute atomic E-state index is 0.216. The number of halogens is 2. The molecule has 0 fully saturated rings. The molecule has 5 N–H and O–H groups in total. The predicted octanol–water partition coefficient (Wildman–Crippen LogP) is 6.23. The third kappa shape index (κ3) is 4.24. The Balaban J connectivity index is 1.94. The first-order valence-corrected chi connectivity index (χ1v) is 9.55. The molecule has 0 atom stereocenters. The number of nitrogen functional groups attached to an aromatic ring is 1. The zero-order valence-electron chi connectivity index (χ0n) is 16.0. The van der Waals surface area contributed by atoms with Gasteiger partial charge in [-0.3, -0.25) is 0 Å². The van der Waals surface area contributed by atoms with Gasteiger partial charge in [0.05, 0.1) is 21.4 Å². The molecule has 0 radical (unpaired) electrons. The monoisotopic (exact) mass is 412 g/mol. The van der Waals surface area contributed by atoms with E-state index in [1.54, 1.807) is 18.2 Å². The van der Waals surface area contributed by atoms with Crippen LogP contribution in [0.1, 0.15) is 16.7 Å². The lowest BCUT2D eigenvalue weighted by Crippen LogP contribution is -2.22. The van der Waals surface area contributed by atoms with Crippen molar-refractivity contribution >= 4 is 46.2 Å². The molecule has 4 nitrogen and oxygen atoms in total. The van der Waals surface area contributed by atoms with Gasteiger partial charge in [0.25, 0.3) is 0 Å². The molecule has 0 aliphatic heterocycles. The van der Waals surface area contributed by atoms with Gasteiger partial charge in [0.15, 0.2) is 5.96 Å². The molecule has 144 valence electrons. The fourth-order valence-electron chi connectivity index (χ4n) is 3.24. The summed E-state index contributed by atoms with van der Waals surface area (Å²) in [5.74, 6) is 0.216. The van der Waals surface area contributed by atoms with E-state index in [-0.39, 0.29) is 5.96 Å². The van der Waals surface area contributed by atoms with Gasteiger partial charge in [-0.05, 0) is 78.9 Å². The normalized spacial score (nSPS) is 11.5. The predicted molar refractivity (Wildman–Crippen MR) is 122 cm³/mol. The maximum Gasteiger partial charge on any atom is 0.198 e. The van der Waals surface area contributed by atoms with Gasteiger partial charge in [-0.1, -0.05) is 41.4 Å². The van der Waals surface area contributed by atoms with Crippen LogP contribution in [0.25, 0.3) is 11.1 Å². The van der Waals surface area contributed by atoms with E-state index in [9.17, 15) is 0 Å². The highest BCUT2D eigenvalue weighted by Crippen LogP contribution is 2.35. The van der Waals surface area contributed by atoms with E-state index in [2.05, 4.69) is 48.4 Å². The van der Waals surface area contributed by atoms with Crippen molar-refractivity contribution in [3.8, 4) is 11.1 Å². The van der Waals surface area contributed by atoms with Crippen LogP contribution in [0.2, 0.25) is 10.0 Å². The fraction of sp³-hybridized carbons (Fsp3) is 0.136. The number of hydrogen-bond acceptors (Lipinski definition) is 2. The number of aryl methyl sites for hydroxylation is 3. The molecular formula is C22H22Cl2N4. The van der Waals surface area contributed by atoms with Gasteiger partial charge in [0.2, 0.25) is 0 Å². The molecule has 3 rings (SSSR count). The number of rotatable bonds is 3. The Morgan fingerprint density at radius 1 is 0.893 bits per heavy atom. The first kappa shape index (κ1) is 20.1. The first-order chi connectivity index (χ1) is 13.3. The van der Waals surface area contributed by atoms with E-state index >= 15 is 0 Å². The van der Waals surface area contributed by atoms with Crippen molar-refractivity contribution in [3.63, 3.8) is 0 Å². The van der Waals surface area contributed by atoms with E-state index in [4.69, 9.17) is 34.7 Å². The van der Waals surface area contributed by atoms with E-state index in [0.29, 0.717) is 27.1 Å². The van der Waals surface area contributed by atoms with Gasteiger partial charge in [0, 0.05) is 5.69 Å². The molecular weight excluding hydrogens is 391 g/mol. The molecule has 0 saturated heterocycles. The zero-order valence-corrected chi connectivity index (χ0v) is 17.5. The average Bonchev–Trinajstić information content (AvgIpc) is 2.61. The SMILES string of the molecule is Cc1cc(-c2c(C)cccc2C)cc(N)c1N=C(N)Nc1ccc(Cl)c(Cl)c1. The van der Waals surface area contributed by atoms with Gasteiger partial charge >= 0.3 is 0 Å². The van der Waals surface area contributed by atoms with Crippen molar-refractivity contribution < 1.29 is 0 Å². The molecule has 0 heterocycles. The standard InChI is InChI=1S/C22H22Cl2N4/c1-12-5-4-6-13(2)20(12)15-9-14(3)21(19(25)10-15)28-22(26)27-16-7-8-17(23)18(24)11-16/h4-11H,25H2,1-3H3,(H3,26,27,28). The van der Waals surface area contributed by atoms with Crippen LogP contribution in [-0.2, 0) is 0 Å². The number of guanidine groups is 1. The molecule has 0 bridgehead atoms. The van der Waals surface area contributed by atoms with Gasteiger partial charge in [-0.15, -0.1) is 0 Å². The van der Waals surface area contributed by atoms with Crippen LogP contribution < -0.4 is 16.8 Å². The second-order valence-corrected chi connectivity index (χ2v) is 7.56. The van der Waals surface area contributed by atoms with Crippen molar-refractivity contribution in [2.45, 2.75) is 20.8 Å². The summed E-state index contributed by atoms with van der Waals surface area (Å²) in [7, 11) is 0. The minimum atomic E-state index is 0.216. The third-order valence-electron chi connectivity index (χ3n) is 4.52. The van der Waals surface area contributed by atoms with Gasteiger partial charge in [0.1, 0.15) is 0 Å². The summed E-state index contributed by atoms with van der Waals surface area (Å²) in [6.07, 6.45) is 0. The van der Waals surface area contributed by atoms with Crippen molar-refractivity contribution in [2.24, 2.45) is 10.7 Å². The molecule has 0 spiro atoms. The van der Waals surface area contributed by atoms with E-state index in [1.807, 2.05) is 13.0 Å².